The van der Waals surface area contributed by atoms with Gasteiger partial charge in [-0.2, -0.15) is 0 Å². The first-order chi connectivity index (χ1) is 31.7. The fraction of sp³-hybridized carbons (Fsp3) is 0.111. The topological polar surface area (TPSA) is 3.24 Å². The molecule has 3 unspecified atom stereocenters. The van der Waals surface area contributed by atoms with Gasteiger partial charge < -0.3 is 4.90 Å². The zero-order valence-corrected chi connectivity index (χ0v) is 35.8. The SMILES string of the molecule is c1ccc(-c2ccccc2-c2ccccc2-c2ccccc2N(c2ccc(-c3cccc4c3ccc3ccccc34)cc2)c2ccc3c(c2)-c2ccccc2C32CC3CCC2C3)cc1. The number of nitrogens with zero attached hydrogens (tertiary/aromatic N) is 1. The molecule has 0 heterocycles. The Labute approximate surface area is 375 Å². The standard InChI is InChI=1S/C63H47N/c1-2-15-43(16-3-1)49-19-6-7-20-52(49)54-21-8-9-22-55(54)58-24-11-13-28-62(58)64(47-34-30-45(31-35-47)51-25-14-26-53-50-18-5-4-17-44(50)32-37-56(51)53)48-36-38-61-59(40-48)57-23-10-12-27-60(57)63(61)41-42-29-33-46(63)39-42/h1-28,30-32,34-38,40,42,46H,29,33,39,41H2. The van der Waals surface area contributed by atoms with Gasteiger partial charge in [-0.3, -0.25) is 0 Å². The van der Waals surface area contributed by atoms with Crippen molar-refractivity contribution < 1.29 is 0 Å². The van der Waals surface area contributed by atoms with Gasteiger partial charge in [0.05, 0.1) is 5.69 Å². The largest absolute Gasteiger partial charge is 0.310 e. The van der Waals surface area contributed by atoms with E-state index in [9.17, 15) is 0 Å². The first-order valence-corrected chi connectivity index (χ1v) is 23.1. The van der Waals surface area contributed by atoms with Crippen molar-refractivity contribution >= 4 is 38.6 Å². The molecule has 3 aliphatic carbocycles. The van der Waals surface area contributed by atoms with Crippen LogP contribution in [0.1, 0.15) is 36.8 Å². The lowest BCUT2D eigenvalue weighted by Crippen LogP contribution is -2.31. The highest BCUT2D eigenvalue weighted by Gasteiger charge is 2.56. The van der Waals surface area contributed by atoms with Gasteiger partial charge in [0, 0.05) is 22.4 Å². The van der Waals surface area contributed by atoms with E-state index in [0.29, 0.717) is 0 Å². The predicted molar refractivity (Wildman–Crippen MR) is 270 cm³/mol. The normalized spacial score (nSPS) is 18.1. The summed E-state index contributed by atoms with van der Waals surface area (Å²) in [5.74, 6) is 1.55. The molecule has 0 aromatic heterocycles. The molecular weight excluding hydrogens is 771 g/mol. The van der Waals surface area contributed by atoms with Crippen molar-refractivity contribution in [3.05, 3.63) is 236 Å². The van der Waals surface area contributed by atoms with Gasteiger partial charge >= 0.3 is 0 Å². The van der Waals surface area contributed by atoms with E-state index in [4.69, 9.17) is 0 Å². The van der Waals surface area contributed by atoms with Crippen molar-refractivity contribution in [3.63, 3.8) is 0 Å². The zero-order valence-electron chi connectivity index (χ0n) is 35.8. The molecule has 2 bridgehead atoms. The summed E-state index contributed by atoms with van der Waals surface area (Å²) in [6.07, 6.45) is 5.36. The maximum absolute atomic E-state index is 2.52. The Morgan fingerprint density at radius 1 is 0.359 bits per heavy atom. The number of fused-ring (bicyclic) bond motifs is 11. The Kier molecular flexibility index (Phi) is 8.59. The van der Waals surface area contributed by atoms with Crippen LogP contribution in [0.2, 0.25) is 0 Å². The number of rotatable bonds is 7. The van der Waals surface area contributed by atoms with E-state index in [2.05, 4.69) is 229 Å². The third-order valence-electron chi connectivity index (χ3n) is 15.2. The number of anilines is 3. The van der Waals surface area contributed by atoms with E-state index in [1.165, 1.54) is 109 Å². The van der Waals surface area contributed by atoms with Gasteiger partial charge in [-0.15, -0.1) is 0 Å². The van der Waals surface area contributed by atoms with Crippen LogP contribution in [-0.4, -0.2) is 0 Å². The molecule has 1 heteroatoms. The second-order valence-corrected chi connectivity index (χ2v) is 18.4. The third kappa shape index (κ3) is 5.70. The number of benzene rings is 10. The zero-order chi connectivity index (χ0) is 42.2. The smallest absolute Gasteiger partial charge is 0.0540 e. The average molecular weight is 818 g/mol. The molecule has 3 aliphatic rings. The Hall–Kier alpha value is -7.48. The predicted octanol–water partition coefficient (Wildman–Crippen LogP) is 17.2. The van der Waals surface area contributed by atoms with Crippen molar-refractivity contribution in [2.45, 2.75) is 31.1 Å². The molecule has 0 aliphatic heterocycles. The quantitative estimate of drug-likeness (QED) is 0.145. The molecule has 1 spiro atoms. The molecule has 3 atom stereocenters. The summed E-state index contributed by atoms with van der Waals surface area (Å²) >= 11 is 0. The van der Waals surface area contributed by atoms with Gasteiger partial charge in [0.1, 0.15) is 0 Å². The van der Waals surface area contributed by atoms with Gasteiger partial charge in [0.15, 0.2) is 0 Å². The van der Waals surface area contributed by atoms with Crippen LogP contribution in [0.3, 0.4) is 0 Å². The highest BCUT2D eigenvalue weighted by Crippen LogP contribution is 2.66. The number of para-hydroxylation sites is 1. The van der Waals surface area contributed by atoms with E-state index in [1.807, 2.05) is 0 Å². The molecule has 2 saturated carbocycles. The first-order valence-electron chi connectivity index (χ1n) is 23.1. The van der Waals surface area contributed by atoms with E-state index >= 15 is 0 Å². The summed E-state index contributed by atoms with van der Waals surface area (Å²) in [7, 11) is 0. The Balaban J connectivity index is 0.997. The van der Waals surface area contributed by atoms with Gasteiger partial charge in [0.2, 0.25) is 0 Å². The maximum Gasteiger partial charge on any atom is 0.0540 e. The second kappa shape index (κ2) is 14.8. The number of hydrogen-bond donors (Lipinski definition) is 0. The van der Waals surface area contributed by atoms with Crippen LogP contribution in [0.15, 0.2) is 224 Å². The lowest BCUT2D eigenvalue weighted by molar-refractivity contribution is 0.327. The van der Waals surface area contributed by atoms with Crippen molar-refractivity contribution in [3.8, 4) is 55.6 Å². The van der Waals surface area contributed by atoms with Gasteiger partial charge in [-0.1, -0.05) is 201 Å². The van der Waals surface area contributed by atoms with Gasteiger partial charge in [-0.05, 0) is 144 Å². The average Bonchev–Trinajstić information content (AvgIpc) is 4.07. The molecule has 1 nitrogen and oxygen atoms in total. The van der Waals surface area contributed by atoms with Crippen LogP contribution in [0, 0.1) is 11.8 Å². The van der Waals surface area contributed by atoms with Crippen LogP contribution in [0.5, 0.6) is 0 Å². The fourth-order valence-electron chi connectivity index (χ4n) is 12.5. The highest BCUT2D eigenvalue weighted by molar-refractivity contribution is 6.12. The molecule has 0 N–H and O–H groups in total. The van der Waals surface area contributed by atoms with E-state index < -0.39 is 0 Å². The fourth-order valence-corrected chi connectivity index (χ4v) is 12.5. The van der Waals surface area contributed by atoms with Gasteiger partial charge in [0.25, 0.3) is 0 Å². The molecule has 0 saturated heterocycles. The summed E-state index contributed by atoms with van der Waals surface area (Å²) in [4.78, 5) is 2.52. The molecule has 0 amide bonds. The van der Waals surface area contributed by atoms with Crippen molar-refractivity contribution in [2.75, 3.05) is 4.90 Å². The molecule has 10 aromatic carbocycles. The summed E-state index contributed by atoms with van der Waals surface area (Å²) < 4.78 is 0. The molecule has 10 aromatic rings. The minimum atomic E-state index is 0.132. The third-order valence-corrected chi connectivity index (χ3v) is 15.2. The highest BCUT2D eigenvalue weighted by atomic mass is 15.1. The van der Waals surface area contributed by atoms with Crippen LogP contribution < -0.4 is 4.90 Å². The second-order valence-electron chi connectivity index (χ2n) is 18.4. The van der Waals surface area contributed by atoms with Gasteiger partial charge in [-0.25, -0.2) is 0 Å². The van der Waals surface area contributed by atoms with Crippen molar-refractivity contribution in [1.29, 1.82) is 0 Å². The summed E-state index contributed by atoms with van der Waals surface area (Å²) in [6, 6.07) is 83.8. The van der Waals surface area contributed by atoms with Crippen LogP contribution in [0.25, 0.3) is 77.2 Å². The Morgan fingerprint density at radius 2 is 0.953 bits per heavy atom. The Bertz CT molecular complexity index is 3420. The molecule has 2 fully saturated rings. The lowest BCUT2D eigenvalue weighted by Gasteiger charge is -2.36. The van der Waals surface area contributed by atoms with Crippen LogP contribution >= 0.6 is 0 Å². The van der Waals surface area contributed by atoms with E-state index in [0.717, 1.165) is 23.2 Å². The van der Waals surface area contributed by atoms with E-state index in [-0.39, 0.29) is 5.41 Å². The summed E-state index contributed by atoms with van der Waals surface area (Å²) in [6.45, 7) is 0. The van der Waals surface area contributed by atoms with Crippen molar-refractivity contribution in [1.82, 2.24) is 0 Å². The molecule has 64 heavy (non-hydrogen) atoms. The van der Waals surface area contributed by atoms with Crippen LogP contribution in [0.4, 0.5) is 17.1 Å². The molecule has 0 radical (unpaired) electrons. The number of hydrogen-bond acceptors (Lipinski definition) is 1. The molecule has 13 rings (SSSR count). The van der Waals surface area contributed by atoms with E-state index in [1.54, 1.807) is 11.1 Å². The van der Waals surface area contributed by atoms with Crippen LogP contribution in [-0.2, 0) is 5.41 Å². The summed E-state index contributed by atoms with van der Waals surface area (Å²) in [5.41, 5.74) is 19.2. The Morgan fingerprint density at radius 3 is 1.73 bits per heavy atom. The van der Waals surface area contributed by atoms with Crippen molar-refractivity contribution in [2.24, 2.45) is 11.8 Å². The first kappa shape index (κ1) is 37.1. The summed E-state index contributed by atoms with van der Waals surface area (Å²) in [5, 5.41) is 5.12. The minimum Gasteiger partial charge on any atom is -0.310 e. The maximum atomic E-state index is 2.52. The minimum absolute atomic E-state index is 0.132. The molecule has 304 valence electrons. The molecular formula is C63H47N. The lowest BCUT2D eigenvalue weighted by atomic mass is 9.67. The monoisotopic (exact) mass is 817 g/mol.